The second-order valence-corrected chi connectivity index (χ2v) is 7.37. The summed E-state index contributed by atoms with van der Waals surface area (Å²) in [5.74, 6) is 1.00. The maximum atomic E-state index is 4.28. The van der Waals surface area contributed by atoms with E-state index in [-0.39, 0.29) is 0 Å². The molecule has 0 aliphatic rings. The SMILES string of the molecule is CCc1nnc2ccc(-c3ccc(C)cc3CCCc3c(C)[nH]n3C)cn12. The number of hydrogen-bond donors (Lipinski definition) is 1. The van der Waals surface area contributed by atoms with Gasteiger partial charge in [-0.05, 0) is 61.9 Å². The number of fused-ring (bicyclic) bond motifs is 1. The number of benzene rings is 1. The van der Waals surface area contributed by atoms with Crippen LogP contribution in [0.4, 0.5) is 0 Å². The van der Waals surface area contributed by atoms with Crippen LogP contribution in [-0.2, 0) is 26.3 Å². The van der Waals surface area contributed by atoms with Crippen molar-refractivity contribution < 1.29 is 0 Å². The van der Waals surface area contributed by atoms with Crippen molar-refractivity contribution in [2.24, 2.45) is 7.05 Å². The number of aromatic nitrogens is 5. The fraction of sp³-hybridized carbons (Fsp3) is 0.364. The Bertz CT molecular complexity index is 1060. The van der Waals surface area contributed by atoms with Gasteiger partial charge in [0, 0.05) is 25.4 Å². The first-order valence-corrected chi connectivity index (χ1v) is 9.70. The number of aromatic amines is 1. The van der Waals surface area contributed by atoms with Crippen LogP contribution < -0.4 is 0 Å². The van der Waals surface area contributed by atoms with Gasteiger partial charge in [-0.1, -0.05) is 30.7 Å². The zero-order valence-electron chi connectivity index (χ0n) is 16.6. The first-order chi connectivity index (χ1) is 13.1. The number of pyridine rings is 1. The smallest absolute Gasteiger partial charge is 0.160 e. The van der Waals surface area contributed by atoms with Gasteiger partial charge in [-0.2, -0.15) is 0 Å². The average Bonchev–Trinajstić information content (AvgIpc) is 3.07. The molecule has 0 saturated heterocycles. The number of rotatable bonds is 6. The van der Waals surface area contributed by atoms with Crippen LogP contribution in [0.3, 0.4) is 0 Å². The average molecular weight is 361 g/mol. The van der Waals surface area contributed by atoms with Crippen LogP contribution in [0.25, 0.3) is 16.8 Å². The molecule has 0 fully saturated rings. The van der Waals surface area contributed by atoms with E-state index >= 15 is 0 Å². The van der Waals surface area contributed by atoms with Crippen LogP contribution in [0.15, 0.2) is 36.5 Å². The monoisotopic (exact) mass is 361 g/mol. The Labute approximate surface area is 160 Å². The van der Waals surface area contributed by atoms with Gasteiger partial charge in [0.2, 0.25) is 0 Å². The van der Waals surface area contributed by atoms with Crippen LogP contribution in [0.1, 0.15) is 41.7 Å². The van der Waals surface area contributed by atoms with E-state index in [1.54, 1.807) is 0 Å². The number of H-pyrrole nitrogens is 1. The molecule has 0 saturated carbocycles. The van der Waals surface area contributed by atoms with Gasteiger partial charge in [-0.25, -0.2) is 0 Å². The van der Waals surface area contributed by atoms with Crippen molar-refractivity contribution in [3.05, 3.63) is 64.9 Å². The minimum absolute atomic E-state index is 0.876. The van der Waals surface area contributed by atoms with Gasteiger partial charge in [0.25, 0.3) is 0 Å². The largest absolute Gasteiger partial charge is 0.301 e. The minimum Gasteiger partial charge on any atom is -0.301 e. The van der Waals surface area contributed by atoms with Gasteiger partial charge in [-0.15, -0.1) is 10.2 Å². The zero-order valence-corrected chi connectivity index (χ0v) is 16.6. The first-order valence-electron chi connectivity index (χ1n) is 9.70. The van der Waals surface area contributed by atoms with Gasteiger partial charge in [0.15, 0.2) is 5.65 Å². The molecule has 0 spiro atoms. The topological polar surface area (TPSA) is 50.9 Å². The standard InChI is InChI=1S/C22H27N5/c1-5-21-23-24-22-12-10-18(14-27(21)22)19-11-9-15(2)13-17(19)7-6-8-20-16(3)25-26(20)4/h9-14,25H,5-8H2,1-4H3. The lowest BCUT2D eigenvalue weighted by Gasteiger charge is -2.18. The highest BCUT2D eigenvalue weighted by Crippen LogP contribution is 2.27. The molecule has 5 nitrogen and oxygen atoms in total. The number of nitrogens with zero attached hydrogens (tertiary/aromatic N) is 4. The zero-order chi connectivity index (χ0) is 19.0. The molecule has 0 aliphatic carbocycles. The summed E-state index contributed by atoms with van der Waals surface area (Å²) in [5, 5.41) is 11.8. The summed E-state index contributed by atoms with van der Waals surface area (Å²) in [7, 11) is 2.08. The molecule has 0 unspecified atom stereocenters. The summed E-state index contributed by atoms with van der Waals surface area (Å²) < 4.78 is 4.24. The van der Waals surface area contributed by atoms with E-state index in [0.717, 1.165) is 37.2 Å². The molecule has 4 aromatic rings. The highest BCUT2D eigenvalue weighted by molar-refractivity contribution is 5.68. The molecule has 0 bridgehead atoms. The maximum Gasteiger partial charge on any atom is 0.160 e. The Morgan fingerprint density at radius 3 is 2.63 bits per heavy atom. The van der Waals surface area contributed by atoms with Crippen LogP contribution >= 0.6 is 0 Å². The second-order valence-electron chi connectivity index (χ2n) is 7.37. The van der Waals surface area contributed by atoms with Gasteiger partial charge < -0.3 is 5.10 Å². The predicted molar refractivity (Wildman–Crippen MR) is 109 cm³/mol. The highest BCUT2D eigenvalue weighted by Gasteiger charge is 2.11. The molecule has 0 amide bonds. The van der Waals surface area contributed by atoms with Crippen molar-refractivity contribution in [1.29, 1.82) is 0 Å². The normalized spacial score (nSPS) is 11.6. The molecule has 0 atom stereocenters. The molecule has 1 aromatic carbocycles. The van der Waals surface area contributed by atoms with E-state index in [0.29, 0.717) is 0 Å². The molecule has 0 radical (unpaired) electrons. The molecule has 3 aromatic heterocycles. The molecule has 1 N–H and O–H groups in total. The van der Waals surface area contributed by atoms with Crippen molar-refractivity contribution in [2.45, 2.75) is 46.5 Å². The number of aryl methyl sites for hydroxylation is 5. The lowest BCUT2D eigenvalue weighted by atomic mass is 9.95. The third-order valence-corrected chi connectivity index (χ3v) is 5.39. The maximum absolute atomic E-state index is 4.28. The van der Waals surface area contributed by atoms with E-state index in [2.05, 4.69) is 88.7 Å². The van der Waals surface area contributed by atoms with E-state index in [1.807, 2.05) is 0 Å². The van der Waals surface area contributed by atoms with E-state index < -0.39 is 0 Å². The fourth-order valence-electron chi connectivity index (χ4n) is 3.93. The molecule has 0 aliphatic heterocycles. The molecule has 5 heteroatoms. The highest BCUT2D eigenvalue weighted by atomic mass is 15.3. The number of nitrogens with one attached hydrogen (secondary N) is 1. The van der Waals surface area contributed by atoms with Crippen LogP contribution in [-0.4, -0.2) is 24.4 Å². The third kappa shape index (κ3) is 3.29. The Kier molecular flexibility index (Phi) is 4.60. The van der Waals surface area contributed by atoms with Crippen molar-refractivity contribution in [2.75, 3.05) is 0 Å². The van der Waals surface area contributed by atoms with Crippen molar-refractivity contribution in [1.82, 2.24) is 24.4 Å². The molecule has 140 valence electrons. The van der Waals surface area contributed by atoms with Gasteiger partial charge in [0.1, 0.15) is 5.82 Å². The van der Waals surface area contributed by atoms with Crippen molar-refractivity contribution in [3.8, 4) is 11.1 Å². The number of hydrogen-bond acceptors (Lipinski definition) is 2. The fourth-order valence-corrected chi connectivity index (χ4v) is 3.93. The second kappa shape index (κ2) is 7.06. The molecule has 3 heterocycles. The summed E-state index contributed by atoms with van der Waals surface area (Å²) in [6, 6.07) is 11.0. The van der Waals surface area contributed by atoms with Crippen LogP contribution in [0.2, 0.25) is 0 Å². The van der Waals surface area contributed by atoms with Crippen LogP contribution in [0, 0.1) is 13.8 Å². The Balaban J connectivity index is 1.63. The summed E-state index contributed by atoms with van der Waals surface area (Å²) in [6.45, 7) is 6.43. The molecule has 4 rings (SSSR count). The van der Waals surface area contributed by atoms with Gasteiger partial charge >= 0.3 is 0 Å². The van der Waals surface area contributed by atoms with Crippen molar-refractivity contribution in [3.63, 3.8) is 0 Å². The lowest BCUT2D eigenvalue weighted by Crippen LogP contribution is -2.16. The predicted octanol–water partition coefficient (Wildman–Crippen LogP) is 4.42. The van der Waals surface area contributed by atoms with Gasteiger partial charge in [-0.3, -0.25) is 9.08 Å². The van der Waals surface area contributed by atoms with E-state index in [1.165, 1.54) is 33.6 Å². The summed E-state index contributed by atoms with van der Waals surface area (Å²) in [5.41, 5.74) is 8.88. The van der Waals surface area contributed by atoms with E-state index in [9.17, 15) is 0 Å². The Hall–Kier alpha value is -2.82. The lowest BCUT2D eigenvalue weighted by molar-refractivity contribution is 0.583. The molecular formula is C22H27N5. The first kappa shape index (κ1) is 17.6. The van der Waals surface area contributed by atoms with E-state index in [4.69, 9.17) is 0 Å². The van der Waals surface area contributed by atoms with Crippen molar-refractivity contribution >= 4 is 5.65 Å². The quantitative estimate of drug-likeness (QED) is 0.553. The minimum atomic E-state index is 0.876. The summed E-state index contributed by atoms with van der Waals surface area (Å²) in [4.78, 5) is 0. The Morgan fingerprint density at radius 2 is 1.89 bits per heavy atom. The summed E-state index contributed by atoms with van der Waals surface area (Å²) in [6.07, 6.45) is 6.37. The third-order valence-electron chi connectivity index (χ3n) is 5.39. The summed E-state index contributed by atoms with van der Waals surface area (Å²) >= 11 is 0. The Morgan fingerprint density at radius 1 is 1.04 bits per heavy atom. The van der Waals surface area contributed by atoms with Gasteiger partial charge in [0.05, 0.1) is 5.69 Å². The molecule has 27 heavy (non-hydrogen) atoms. The van der Waals surface area contributed by atoms with Crippen LogP contribution in [0.5, 0.6) is 0 Å². The molecular weight excluding hydrogens is 334 g/mol.